The highest BCUT2D eigenvalue weighted by Crippen LogP contribution is 2.44. The van der Waals surface area contributed by atoms with E-state index in [2.05, 4.69) is 4.98 Å². The number of methoxy groups -OCH3 is 1. The molecule has 1 N–H and O–H groups in total. The lowest BCUT2D eigenvalue weighted by atomic mass is 9.99. The maximum Gasteiger partial charge on any atom is 0.302 e. The summed E-state index contributed by atoms with van der Waals surface area (Å²) in [6.07, 6.45) is 1.41. The normalized spacial score (nSPS) is 17.9. The van der Waals surface area contributed by atoms with Crippen molar-refractivity contribution in [2.24, 2.45) is 0 Å². The molecule has 1 atom stereocenters. The molecule has 1 unspecified atom stereocenters. The van der Waals surface area contributed by atoms with Crippen molar-refractivity contribution in [1.82, 2.24) is 4.98 Å². The zero-order chi connectivity index (χ0) is 22.4. The van der Waals surface area contributed by atoms with E-state index in [1.54, 1.807) is 36.4 Å². The molecule has 0 radical (unpaired) electrons. The molecule has 1 saturated heterocycles. The smallest absolute Gasteiger partial charge is 0.302 e. The van der Waals surface area contributed by atoms with Crippen molar-refractivity contribution in [3.8, 4) is 5.75 Å². The number of benzene rings is 2. The van der Waals surface area contributed by atoms with Gasteiger partial charge in [0.25, 0.3) is 5.78 Å². The van der Waals surface area contributed by atoms with Crippen LogP contribution in [0.2, 0.25) is 0 Å². The third-order valence-corrected chi connectivity index (χ3v) is 6.16. The summed E-state index contributed by atoms with van der Waals surface area (Å²) in [5.74, 6) is -1.79. The fourth-order valence-electron chi connectivity index (χ4n) is 3.66. The average molecular weight is 450 g/mol. The van der Waals surface area contributed by atoms with Crippen LogP contribution in [0.15, 0.2) is 70.9 Å². The summed E-state index contributed by atoms with van der Waals surface area (Å²) in [6.45, 7) is 0. The van der Waals surface area contributed by atoms with Crippen LogP contribution in [0.1, 0.15) is 17.4 Å². The van der Waals surface area contributed by atoms with E-state index in [9.17, 15) is 19.1 Å². The number of ketones is 1. The number of aromatic nitrogens is 1. The van der Waals surface area contributed by atoms with Crippen LogP contribution in [-0.2, 0) is 9.59 Å². The highest BCUT2D eigenvalue weighted by molar-refractivity contribution is 7.22. The number of halogens is 1. The van der Waals surface area contributed by atoms with Crippen LogP contribution in [0, 0.1) is 5.82 Å². The van der Waals surface area contributed by atoms with E-state index < -0.39 is 23.5 Å². The van der Waals surface area contributed by atoms with Crippen LogP contribution in [0.3, 0.4) is 0 Å². The van der Waals surface area contributed by atoms with Gasteiger partial charge in [-0.3, -0.25) is 14.5 Å². The Morgan fingerprint density at radius 1 is 1.19 bits per heavy atom. The minimum atomic E-state index is -1.04. The zero-order valence-electron chi connectivity index (χ0n) is 16.6. The molecule has 3 heterocycles. The van der Waals surface area contributed by atoms with Crippen LogP contribution in [0.4, 0.5) is 9.52 Å². The largest absolute Gasteiger partial charge is 0.507 e. The lowest BCUT2D eigenvalue weighted by molar-refractivity contribution is -0.132. The van der Waals surface area contributed by atoms with Gasteiger partial charge in [0.15, 0.2) is 5.13 Å². The minimum Gasteiger partial charge on any atom is -0.507 e. The van der Waals surface area contributed by atoms with Gasteiger partial charge in [-0.05, 0) is 42.5 Å². The number of anilines is 1. The monoisotopic (exact) mass is 450 g/mol. The molecule has 0 aliphatic carbocycles. The Labute approximate surface area is 185 Å². The molecule has 0 bridgehead atoms. The van der Waals surface area contributed by atoms with Crippen molar-refractivity contribution in [2.75, 3.05) is 12.0 Å². The number of aliphatic hydroxyl groups excluding tert-OH is 1. The maximum atomic E-state index is 13.7. The Hall–Kier alpha value is -3.98. The molecule has 4 aromatic rings. The lowest BCUT2D eigenvalue weighted by Gasteiger charge is -2.20. The van der Waals surface area contributed by atoms with Crippen LogP contribution < -0.4 is 9.64 Å². The molecule has 2 aromatic heterocycles. The number of fused-ring (bicyclic) bond motifs is 1. The highest BCUT2D eigenvalue weighted by atomic mass is 32.1. The molecule has 1 fully saturated rings. The first-order chi connectivity index (χ1) is 15.5. The van der Waals surface area contributed by atoms with E-state index in [1.807, 2.05) is 0 Å². The van der Waals surface area contributed by atoms with E-state index in [4.69, 9.17) is 9.15 Å². The fraction of sp³-hybridized carbons (Fsp3) is 0.0870. The first-order valence-corrected chi connectivity index (χ1v) is 10.3. The number of rotatable bonds is 4. The van der Waals surface area contributed by atoms with E-state index in [0.717, 1.165) is 11.3 Å². The average Bonchev–Trinajstić information content (AvgIpc) is 3.52. The molecular formula is C23H15FN2O5S. The fourth-order valence-corrected chi connectivity index (χ4v) is 4.68. The van der Waals surface area contributed by atoms with Crippen LogP contribution in [-0.4, -0.2) is 28.9 Å². The Morgan fingerprint density at radius 2 is 2.03 bits per heavy atom. The molecule has 1 aliphatic heterocycles. The van der Waals surface area contributed by atoms with Crippen molar-refractivity contribution in [2.45, 2.75) is 6.04 Å². The van der Waals surface area contributed by atoms with E-state index >= 15 is 0 Å². The second-order valence-corrected chi connectivity index (χ2v) is 8.03. The number of carbonyl (C=O) groups excluding carboxylic acids is 2. The molecule has 9 heteroatoms. The van der Waals surface area contributed by atoms with Crippen LogP contribution in [0.5, 0.6) is 5.75 Å². The topological polar surface area (TPSA) is 92.9 Å². The quantitative estimate of drug-likeness (QED) is 0.276. The molecule has 2 aromatic carbocycles. The molecule has 0 saturated carbocycles. The molecule has 1 amide bonds. The summed E-state index contributed by atoms with van der Waals surface area (Å²) in [5, 5.41) is 11.2. The van der Waals surface area contributed by atoms with Crippen molar-refractivity contribution < 1.29 is 28.2 Å². The molecular weight excluding hydrogens is 435 g/mol. The zero-order valence-corrected chi connectivity index (χ0v) is 17.4. The van der Waals surface area contributed by atoms with Gasteiger partial charge >= 0.3 is 5.91 Å². The minimum absolute atomic E-state index is 0.136. The predicted octanol–water partition coefficient (Wildman–Crippen LogP) is 4.66. The molecule has 32 heavy (non-hydrogen) atoms. The van der Waals surface area contributed by atoms with Gasteiger partial charge in [0.05, 0.1) is 29.2 Å². The SMILES string of the molecule is COc1cccc(/C(O)=C2\C(=O)C(=O)N(c3nc4ccc(F)cc4s3)C2c2ccco2)c1. The van der Waals surface area contributed by atoms with Crippen molar-refractivity contribution >= 4 is 44.1 Å². The number of nitrogens with zero attached hydrogens (tertiary/aromatic N) is 2. The number of hydrogen-bond donors (Lipinski definition) is 1. The summed E-state index contributed by atoms with van der Waals surface area (Å²) in [5.41, 5.74) is 0.660. The van der Waals surface area contributed by atoms with E-state index in [1.165, 1.54) is 36.5 Å². The first-order valence-electron chi connectivity index (χ1n) is 9.53. The maximum absolute atomic E-state index is 13.7. The number of aliphatic hydroxyl groups is 1. The molecule has 5 rings (SSSR count). The number of hydrogen-bond acceptors (Lipinski definition) is 7. The van der Waals surface area contributed by atoms with Crippen molar-refractivity contribution in [3.63, 3.8) is 0 Å². The Bertz CT molecular complexity index is 1390. The summed E-state index contributed by atoms with van der Waals surface area (Å²) in [7, 11) is 1.48. The van der Waals surface area contributed by atoms with Gasteiger partial charge in [-0.15, -0.1) is 0 Å². The molecule has 160 valence electrons. The number of furan rings is 1. The number of carbonyl (C=O) groups is 2. The molecule has 0 spiro atoms. The summed E-state index contributed by atoms with van der Waals surface area (Å²) in [4.78, 5) is 31.7. The lowest BCUT2D eigenvalue weighted by Crippen LogP contribution is -2.29. The van der Waals surface area contributed by atoms with Gasteiger partial charge in [0.1, 0.15) is 29.1 Å². The third kappa shape index (κ3) is 3.14. The van der Waals surface area contributed by atoms with Crippen LogP contribution in [0.25, 0.3) is 16.0 Å². The number of ether oxygens (including phenoxy) is 1. The Kier molecular flexibility index (Phi) is 4.75. The summed E-state index contributed by atoms with van der Waals surface area (Å²) < 4.78 is 24.9. The third-order valence-electron chi connectivity index (χ3n) is 5.15. The molecule has 1 aliphatic rings. The number of thiazole rings is 1. The van der Waals surface area contributed by atoms with Gasteiger partial charge in [0, 0.05) is 5.56 Å². The van der Waals surface area contributed by atoms with E-state index in [-0.39, 0.29) is 22.2 Å². The second-order valence-electron chi connectivity index (χ2n) is 7.02. The van der Waals surface area contributed by atoms with E-state index in [0.29, 0.717) is 21.5 Å². The summed E-state index contributed by atoms with van der Waals surface area (Å²) in [6, 6.07) is 12.8. The predicted molar refractivity (Wildman–Crippen MR) is 116 cm³/mol. The highest BCUT2D eigenvalue weighted by Gasteiger charge is 2.49. The van der Waals surface area contributed by atoms with Gasteiger partial charge in [0.2, 0.25) is 0 Å². The van der Waals surface area contributed by atoms with Crippen LogP contribution >= 0.6 is 11.3 Å². The standard InChI is InChI=1S/C23H15FN2O5S/c1-30-14-5-2-4-12(10-14)20(27)18-19(16-6-3-9-31-16)26(22(29)21(18)28)23-25-15-8-7-13(24)11-17(15)32-23/h2-11,19,27H,1H3/b20-18+. The Morgan fingerprint density at radius 3 is 2.78 bits per heavy atom. The number of Topliss-reactive ketones (excluding diaryl/α,β-unsaturated/α-hetero) is 1. The van der Waals surface area contributed by atoms with Gasteiger partial charge in [-0.1, -0.05) is 23.5 Å². The molecule has 7 nitrogen and oxygen atoms in total. The number of amides is 1. The van der Waals surface area contributed by atoms with Crippen molar-refractivity contribution in [1.29, 1.82) is 0 Å². The van der Waals surface area contributed by atoms with Gasteiger partial charge in [-0.2, -0.15) is 0 Å². The Balaban J connectivity index is 1.71. The summed E-state index contributed by atoms with van der Waals surface area (Å²) >= 11 is 1.07. The van der Waals surface area contributed by atoms with Crippen molar-refractivity contribution in [3.05, 3.63) is 83.6 Å². The van der Waals surface area contributed by atoms with Gasteiger partial charge in [-0.25, -0.2) is 9.37 Å². The second kappa shape index (κ2) is 7.61. The van der Waals surface area contributed by atoms with Gasteiger partial charge < -0.3 is 14.3 Å². The first kappa shape index (κ1) is 20.0.